The molecular formula is C18H41NO3Si. The van der Waals surface area contributed by atoms with E-state index in [0.29, 0.717) is 0 Å². The molecule has 4 nitrogen and oxygen atoms in total. The average molecular weight is 348 g/mol. The Bertz CT molecular complexity index is 230. The molecule has 0 N–H and O–H groups in total. The molecule has 0 bridgehead atoms. The zero-order chi connectivity index (χ0) is 17.4. The summed E-state index contributed by atoms with van der Waals surface area (Å²) in [6.45, 7) is 8.13. The quantitative estimate of drug-likeness (QED) is 0.281. The van der Waals surface area contributed by atoms with Crippen LogP contribution in [0.1, 0.15) is 71.6 Å². The fourth-order valence-electron chi connectivity index (χ4n) is 2.94. The van der Waals surface area contributed by atoms with Crippen LogP contribution in [0.15, 0.2) is 0 Å². The van der Waals surface area contributed by atoms with Crippen LogP contribution in [0.25, 0.3) is 0 Å². The highest BCUT2D eigenvalue weighted by molar-refractivity contribution is 6.60. The van der Waals surface area contributed by atoms with E-state index < -0.39 is 8.80 Å². The number of unbranched alkanes of at least 4 members (excludes halogenated alkanes) is 6. The van der Waals surface area contributed by atoms with Crippen LogP contribution in [0, 0.1) is 0 Å². The molecule has 5 heteroatoms. The van der Waals surface area contributed by atoms with Gasteiger partial charge >= 0.3 is 8.80 Å². The molecule has 0 aromatic rings. The van der Waals surface area contributed by atoms with Gasteiger partial charge in [0.15, 0.2) is 0 Å². The van der Waals surface area contributed by atoms with Crippen molar-refractivity contribution in [2.45, 2.75) is 77.7 Å². The second kappa shape index (κ2) is 15.6. The van der Waals surface area contributed by atoms with Crippen molar-refractivity contribution in [2.24, 2.45) is 0 Å². The van der Waals surface area contributed by atoms with Gasteiger partial charge in [-0.1, -0.05) is 52.4 Å². The van der Waals surface area contributed by atoms with Crippen LogP contribution in [0.3, 0.4) is 0 Å². The third-order valence-electron chi connectivity index (χ3n) is 4.55. The maximum atomic E-state index is 5.52. The van der Waals surface area contributed by atoms with E-state index in [2.05, 4.69) is 18.7 Å². The Morgan fingerprint density at radius 2 is 1.04 bits per heavy atom. The molecule has 0 aliphatic heterocycles. The summed E-state index contributed by atoms with van der Waals surface area (Å²) in [6.07, 6.45) is 11.8. The van der Waals surface area contributed by atoms with Gasteiger partial charge in [-0.15, -0.1) is 0 Å². The Labute approximate surface area is 146 Å². The Kier molecular flexibility index (Phi) is 15.6. The molecule has 140 valence electrons. The first-order chi connectivity index (χ1) is 11.2. The van der Waals surface area contributed by atoms with Crippen molar-refractivity contribution in [1.29, 1.82) is 0 Å². The number of rotatable bonds is 17. The molecule has 0 heterocycles. The van der Waals surface area contributed by atoms with E-state index in [0.717, 1.165) is 19.0 Å². The van der Waals surface area contributed by atoms with Crippen LogP contribution in [-0.2, 0) is 13.3 Å². The average Bonchev–Trinajstić information content (AvgIpc) is 2.59. The third-order valence-corrected chi connectivity index (χ3v) is 7.38. The Morgan fingerprint density at radius 3 is 1.43 bits per heavy atom. The van der Waals surface area contributed by atoms with Gasteiger partial charge in [0.2, 0.25) is 0 Å². The summed E-state index contributed by atoms with van der Waals surface area (Å²) in [5.41, 5.74) is 0. The lowest BCUT2D eigenvalue weighted by Gasteiger charge is -2.27. The van der Waals surface area contributed by atoms with Gasteiger partial charge in [0.25, 0.3) is 0 Å². The molecule has 0 radical (unpaired) electrons. The largest absolute Gasteiger partial charge is 0.500 e. The third kappa shape index (κ3) is 11.3. The Balaban J connectivity index is 4.15. The SMILES string of the molecule is CCCCCCN(CCCCCC)CCC[Si](OC)(OC)OC. The molecule has 0 atom stereocenters. The highest BCUT2D eigenvalue weighted by Crippen LogP contribution is 2.16. The minimum atomic E-state index is -2.40. The smallest absolute Gasteiger partial charge is 0.377 e. The molecule has 0 saturated carbocycles. The molecule has 0 rings (SSSR count). The van der Waals surface area contributed by atoms with Gasteiger partial charge in [0.05, 0.1) is 0 Å². The van der Waals surface area contributed by atoms with E-state index in [1.54, 1.807) is 21.3 Å². The first-order valence-corrected chi connectivity index (χ1v) is 11.5. The first-order valence-electron chi connectivity index (χ1n) is 9.55. The summed E-state index contributed by atoms with van der Waals surface area (Å²) >= 11 is 0. The van der Waals surface area contributed by atoms with Gasteiger partial charge in [0, 0.05) is 27.4 Å². The van der Waals surface area contributed by atoms with Crippen molar-refractivity contribution >= 4 is 8.80 Å². The van der Waals surface area contributed by atoms with Gasteiger partial charge < -0.3 is 18.2 Å². The van der Waals surface area contributed by atoms with Crippen molar-refractivity contribution in [3.8, 4) is 0 Å². The summed E-state index contributed by atoms with van der Waals surface area (Å²) in [4.78, 5) is 2.63. The van der Waals surface area contributed by atoms with Gasteiger partial charge in [0.1, 0.15) is 0 Å². The second-order valence-corrected chi connectivity index (χ2v) is 9.45. The topological polar surface area (TPSA) is 30.9 Å². The predicted octanol–water partition coefficient (Wildman–Crippen LogP) is 4.72. The zero-order valence-electron chi connectivity index (χ0n) is 16.4. The second-order valence-electron chi connectivity index (χ2n) is 6.36. The van der Waals surface area contributed by atoms with E-state index in [1.165, 1.54) is 64.5 Å². The summed E-state index contributed by atoms with van der Waals surface area (Å²) in [7, 11) is 2.70. The normalized spacial score (nSPS) is 12.3. The lowest BCUT2D eigenvalue weighted by atomic mass is 10.1. The standard InChI is InChI=1S/C18H41NO3Si/c1-6-8-10-12-15-19(16-13-11-9-7-2)17-14-18-23(20-3,21-4)22-5/h6-18H2,1-5H3. The molecule has 0 fully saturated rings. The van der Waals surface area contributed by atoms with Gasteiger partial charge in [-0.25, -0.2) is 0 Å². The highest BCUT2D eigenvalue weighted by Gasteiger charge is 2.36. The van der Waals surface area contributed by atoms with E-state index in [-0.39, 0.29) is 0 Å². The Morgan fingerprint density at radius 1 is 0.609 bits per heavy atom. The van der Waals surface area contributed by atoms with Crippen LogP contribution in [0.4, 0.5) is 0 Å². The monoisotopic (exact) mass is 347 g/mol. The van der Waals surface area contributed by atoms with E-state index in [1.807, 2.05) is 0 Å². The van der Waals surface area contributed by atoms with Crippen LogP contribution in [-0.4, -0.2) is 54.7 Å². The van der Waals surface area contributed by atoms with Crippen molar-refractivity contribution in [1.82, 2.24) is 4.90 Å². The number of nitrogens with zero attached hydrogens (tertiary/aromatic N) is 1. The molecule has 0 unspecified atom stereocenters. The molecule has 0 aromatic carbocycles. The number of hydrogen-bond donors (Lipinski definition) is 0. The summed E-state index contributed by atoms with van der Waals surface area (Å²) < 4.78 is 16.6. The van der Waals surface area contributed by atoms with Crippen molar-refractivity contribution in [2.75, 3.05) is 41.0 Å². The lowest BCUT2D eigenvalue weighted by Crippen LogP contribution is -2.43. The molecule has 0 aliphatic carbocycles. The van der Waals surface area contributed by atoms with Crippen molar-refractivity contribution in [3.63, 3.8) is 0 Å². The molecule has 0 amide bonds. The van der Waals surface area contributed by atoms with Crippen molar-refractivity contribution in [3.05, 3.63) is 0 Å². The minimum absolute atomic E-state index is 0.900. The van der Waals surface area contributed by atoms with Crippen LogP contribution in [0.2, 0.25) is 6.04 Å². The van der Waals surface area contributed by atoms with E-state index >= 15 is 0 Å². The zero-order valence-corrected chi connectivity index (χ0v) is 17.4. The maximum absolute atomic E-state index is 5.52. The van der Waals surface area contributed by atoms with Crippen LogP contribution < -0.4 is 0 Å². The summed E-state index contributed by atoms with van der Waals surface area (Å²) in [5, 5.41) is 0. The van der Waals surface area contributed by atoms with E-state index in [9.17, 15) is 0 Å². The Hall–Kier alpha value is 0.0569. The lowest BCUT2D eigenvalue weighted by molar-refractivity contribution is 0.121. The molecule has 23 heavy (non-hydrogen) atoms. The summed E-state index contributed by atoms with van der Waals surface area (Å²) in [6, 6.07) is 0.900. The van der Waals surface area contributed by atoms with Gasteiger partial charge in [-0.2, -0.15) is 0 Å². The predicted molar refractivity (Wildman–Crippen MR) is 101 cm³/mol. The maximum Gasteiger partial charge on any atom is 0.500 e. The molecular weight excluding hydrogens is 306 g/mol. The highest BCUT2D eigenvalue weighted by atomic mass is 28.4. The van der Waals surface area contributed by atoms with Crippen LogP contribution >= 0.6 is 0 Å². The van der Waals surface area contributed by atoms with E-state index in [4.69, 9.17) is 13.3 Å². The molecule has 0 spiro atoms. The fourth-order valence-corrected chi connectivity index (χ4v) is 4.64. The molecule has 0 aliphatic rings. The van der Waals surface area contributed by atoms with Crippen LogP contribution in [0.5, 0.6) is 0 Å². The van der Waals surface area contributed by atoms with Gasteiger partial charge in [-0.3, -0.25) is 0 Å². The molecule has 0 aromatic heterocycles. The summed E-state index contributed by atoms with van der Waals surface area (Å²) in [5.74, 6) is 0. The first kappa shape index (κ1) is 23.1. The van der Waals surface area contributed by atoms with Gasteiger partial charge in [-0.05, 0) is 38.9 Å². The molecule has 0 saturated heterocycles. The number of hydrogen-bond acceptors (Lipinski definition) is 4. The fraction of sp³-hybridized carbons (Fsp3) is 1.00. The van der Waals surface area contributed by atoms with Crippen molar-refractivity contribution < 1.29 is 13.3 Å². The minimum Gasteiger partial charge on any atom is -0.377 e.